The fraction of sp³-hybridized carbons (Fsp3) is 0.375. The van der Waals surface area contributed by atoms with Gasteiger partial charge < -0.3 is 16.4 Å². The van der Waals surface area contributed by atoms with Crippen molar-refractivity contribution in [3.63, 3.8) is 0 Å². The highest BCUT2D eigenvalue weighted by Crippen LogP contribution is 2.22. The number of benzene rings is 1. The third-order valence-electron chi connectivity index (χ3n) is 3.08. The van der Waals surface area contributed by atoms with Crippen molar-refractivity contribution in [3.8, 4) is 0 Å². The summed E-state index contributed by atoms with van der Waals surface area (Å²) in [6.45, 7) is 6.06. The topological polar surface area (TPSA) is 80.0 Å². The van der Waals surface area contributed by atoms with Gasteiger partial charge in [0.25, 0.3) is 0 Å². The summed E-state index contributed by atoms with van der Waals surface area (Å²) in [7, 11) is 0. The Balaban J connectivity index is 0.00000264. The summed E-state index contributed by atoms with van der Waals surface area (Å²) in [5.74, 6) is 0.249. The molecule has 4 N–H and O–H groups in total. The third-order valence-corrected chi connectivity index (χ3v) is 3.96. The van der Waals surface area contributed by atoms with E-state index in [0.717, 1.165) is 22.2 Å². The molecule has 1 atom stereocenters. The Hall–Kier alpha value is -1.63. The molecular formula is C16H23ClN4OS. The van der Waals surface area contributed by atoms with E-state index in [1.54, 1.807) is 11.3 Å². The van der Waals surface area contributed by atoms with Crippen molar-refractivity contribution >= 4 is 46.2 Å². The number of hydrogen-bond donors (Lipinski definition) is 3. The quantitative estimate of drug-likeness (QED) is 0.734. The molecule has 0 fully saturated rings. The van der Waals surface area contributed by atoms with E-state index in [1.807, 2.05) is 50.4 Å². The number of anilines is 3. The minimum Gasteiger partial charge on any atom is -0.332 e. The Morgan fingerprint density at radius 1 is 1.26 bits per heavy atom. The minimum atomic E-state index is -0.476. The second kappa shape index (κ2) is 8.86. The molecule has 1 amide bonds. The Labute approximate surface area is 147 Å². The predicted molar refractivity (Wildman–Crippen MR) is 99.9 cm³/mol. The molecule has 0 spiro atoms. The van der Waals surface area contributed by atoms with Gasteiger partial charge in [-0.05, 0) is 43.5 Å². The lowest BCUT2D eigenvalue weighted by atomic mass is 10.0. The van der Waals surface area contributed by atoms with Crippen molar-refractivity contribution in [1.29, 1.82) is 0 Å². The normalized spacial score (nSPS) is 11.7. The minimum absolute atomic E-state index is 0. The average Bonchev–Trinajstić information content (AvgIpc) is 2.85. The Morgan fingerprint density at radius 3 is 2.39 bits per heavy atom. The summed E-state index contributed by atoms with van der Waals surface area (Å²) in [6, 6.07) is 7.03. The van der Waals surface area contributed by atoms with Crippen LogP contribution in [0.5, 0.6) is 0 Å². The van der Waals surface area contributed by atoms with E-state index in [1.165, 1.54) is 0 Å². The van der Waals surface area contributed by atoms with E-state index in [4.69, 9.17) is 5.73 Å². The Bertz CT molecular complexity index is 627. The van der Waals surface area contributed by atoms with Crippen LogP contribution in [0.2, 0.25) is 0 Å². The largest absolute Gasteiger partial charge is 0.332 e. The molecule has 1 aromatic heterocycles. The monoisotopic (exact) mass is 354 g/mol. The molecule has 0 aliphatic rings. The number of nitrogens with zero attached hydrogens (tertiary/aromatic N) is 1. The summed E-state index contributed by atoms with van der Waals surface area (Å²) in [4.78, 5) is 16.3. The number of nitrogens with two attached hydrogens (primary N) is 1. The van der Waals surface area contributed by atoms with Crippen molar-refractivity contribution in [2.45, 2.75) is 33.2 Å². The second-order valence-electron chi connectivity index (χ2n) is 5.72. The number of rotatable bonds is 6. The molecule has 0 aliphatic carbocycles. The van der Waals surface area contributed by atoms with Crippen LogP contribution in [-0.2, 0) is 4.79 Å². The molecule has 0 aliphatic heterocycles. The first kappa shape index (κ1) is 19.4. The van der Waals surface area contributed by atoms with Gasteiger partial charge >= 0.3 is 0 Å². The van der Waals surface area contributed by atoms with E-state index in [-0.39, 0.29) is 18.3 Å². The van der Waals surface area contributed by atoms with Crippen LogP contribution in [0.4, 0.5) is 16.5 Å². The number of hydrogen-bond acceptors (Lipinski definition) is 5. The van der Waals surface area contributed by atoms with Crippen molar-refractivity contribution < 1.29 is 4.79 Å². The van der Waals surface area contributed by atoms with Gasteiger partial charge in [0.05, 0.1) is 11.7 Å². The number of amides is 1. The number of aryl methyl sites for hydroxylation is 1. The summed E-state index contributed by atoms with van der Waals surface area (Å²) in [5, 5.41) is 8.91. The SMILES string of the molecule is Cc1csc(Nc2ccc(NC(=O)[C@@H](N)CC(C)C)cc2)n1.Cl. The molecule has 0 unspecified atom stereocenters. The number of halogens is 1. The maximum atomic E-state index is 12.0. The smallest absolute Gasteiger partial charge is 0.241 e. The number of carbonyl (C=O) groups is 1. The van der Waals surface area contributed by atoms with Crippen LogP contribution in [0.3, 0.4) is 0 Å². The molecule has 0 radical (unpaired) electrons. The van der Waals surface area contributed by atoms with Gasteiger partial charge in [-0.2, -0.15) is 0 Å². The van der Waals surface area contributed by atoms with E-state index >= 15 is 0 Å². The van der Waals surface area contributed by atoms with E-state index in [9.17, 15) is 4.79 Å². The molecule has 7 heteroatoms. The van der Waals surface area contributed by atoms with E-state index in [0.29, 0.717) is 12.3 Å². The van der Waals surface area contributed by atoms with Crippen molar-refractivity contribution in [2.75, 3.05) is 10.6 Å². The van der Waals surface area contributed by atoms with E-state index < -0.39 is 6.04 Å². The second-order valence-corrected chi connectivity index (χ2v) is 6.58. The van der Waals surface area contributed by atoms with Gasteiger partial charge in [0.1, 0.15) is 0 Å². The molecule has 2 aromatic rings. The van der Waals surface area contributed by atoms with Crippen molar-refractivity contribution in [1.82, 2.24) is 4.98 Å². The van der Waals surface area contributed by atoms with Crippen LogP contribution in [-0.4, -0.2) is 16.9 Å². The van der Waals surface area contributed by atoms with Gasteiger partial charge in [-0.15, -0.1) is 23.7 Å². The molecule has 126 valence electrons. The fourth-order valence-corrected chi connectivity index (χ4v) is 2.73. The fourth-order valence-electron chi connectivity index (χ4n) is 2.02. The van der Waals surface area contributed by atoms with Crippen LogP contribution < -0.4 is 16.4 Å². The zero-order valence-corrected chi connectivity index (χ0v) is 15.1. The number of carbonyl (C=O) groups excluding carboxylic acids is 1. The van der Waals surface area contributed by atoms with Gasteiger partial charge in [0, 0.05) is 16.8 Å². The van der Waals surface area contributed by atoms with Crippen molar-refractivity contribution in [3.05, 3.63) is 35.3 Å². The highest BCUT2D eigenvalue weighted by atomic mass is 35.5. The molecule has 1 aromatic carbocycles. The lowest BCUT2D eigenvalue weighted by Crippen LogP contribution is -2.36. The van der Waals surface area contributed by atoms with Crippen LogP contribution in [0, 0.1) is 12.8 Å². The predicted octanol–water partition coefficient (Wildman–Crippen LogP) is 3.93. The highest BCUT2D eigenvalue weighted by Gasteiger charge is 2.14. The molecule has 2 rings (SSSR count). The molecule has 0 saturated carbocycles. The highest BCUT2D eigenvalue weighted by molar-refractivity contribution is 7.13. The summed E-state index contributed by atoms with van der Waals surface area (Å²) in [6.07, 6.45) is 0.675. The molecule has 0 saturated heterocycles. The number of nitrogens with one attached hydrogen (secondary N) is 2. The Morgan fingerprint density at radius 2 is 1.87 bits per heavy atom. The first-order chi connectivity index (χ1) is 10.4. The summed E-state index contributed by atoms with van der Waals surface area (Å²) >= 11 is 1.56. The van der Waals surface area contributed by atoms with Gasteiger partial charge in [-0.3, -0.25) is 4.79 Å². The lowest BCUT2D eigenvalue weighted by molar-refractivity contribution is -0.117. The third kappa shape index (κ3) is 6.17. The number of aromatic nitrogens is 1. The van der Waals surface area contributed by atoms with Gasteiger partial charge in [0.15, 0.2) is 5.13 Å². The maximum Gasteiger partial charge on any atom is 0.241 e. The van der Waals surface area contributed by atoms with Crippen LogP contribution in [0.25, 0.3) is 0 Å². The number of thiazole rings is 1. The zero-order chi connectivity index (χ0) is 16.1. The maximum absolute atomic E-state index is 12.0. The summed E-state index contributed by atoms with van der Waals surface area (Å²) in [5.41, 5.74) is 8.54. The van der Waals surface area contributed by atoms with Gasteiger partial charge in [-0.1, -0.05) is 13.8 Å². The molecular weight excluding hydrogens is 332 g/mol. The first-order valence-corrected chi connectivity index (χ1v) is 8.17. The van der Waals surface area contributed by atoms with Crippen LogP contribution in [0.15, 0.2) is 29.6 Å². The first-order valence-electron chi connectivity index (χ1n) is 7.29. The van der Waals surface area contributed by atoms with Crippen molar-refractivity contribution in [2.24, 2.45) is 11.7 Å². The van der Waals surface area contributed by atoms with E-state index in [2.05, 4.69) is 15.6 Å². The average molecular weight is 355 g/mol. The molecule has 5 nitrogen and oxygen atoms in total. The lowest BCUT2D eigenvalue weighted by Gasteiger charge is -2.14. The molecule has 0 bridgehead atoms. The van der Waals surface area contributed by atoms with Crippen LogP contribution in [0.1, 0.15) is 26.0 Å². The van der Waals surface area contributed by atoms with Gasteiger partial charge in [-0.25, -0.2) is 4.98 Å². The van der Waals surface area contributed by atoms with Crippen LogP contribution >= 0.6 is 23.7 Å². The summed E-state index contributed by atoms with van der Waals surface area (Å²) < 4.78 is 0. The Kier molecular flexibility index (Phi) is 7.48. The molecule has 1 heterocycles. The molecule has 23 heavy (non-hydrogen) atoms. The van der Waals surface area contributed by atoms with Gasteiger partial charge in [0.2, 0.25) is 5.91 Å². The zero-order valence-electron chi connectivity index (χ0n) is 13.5. The standard InChI is InChI=1S/C16H22N4OS.ClH/c1-10(2)8-14(17)15(21)19-12-4-6-13(7-5-12)20-16-18-11(3)9-22-16;/h4-7,9-10,14H,8,17H2,1-3H3,(H,18,20)(H,19,21);1H/t14-;/m0./s1.